The molecule has 0 spiro atoms. The molecule has 0 aliphatic carbocycles. The van der Waals surface area contributed by atoms with Crippen molar-refractivity contribution in [1.82, 2.24) is 10.9 Å². The maximum Gasteiger partial charge on any atom is 0.276 e. The lowest BCUT2D eigenvalue weighted by Gasteiger charge is -2.13. The zero-order valence-corrected chi connectivity index (χ0v) is 19.9. The van der Waals surface area contributed by atoms with E-state index >= 15 is 0 Å². The second kappa shape index (κ2) is 11.3. The standard InChI is InChI=1S/C27H23BrN2O4/c28-22-11-13-25(33-15-14-19-6-2-1-3-7-19)24(17-22)27(32)30-29-26(31)18-34-23-12-10-20-8-4-5-9-21(20)16-23/h1-13,16-17H,14-15,18H2,(H,29,31)(H,30,32). The lowest BCUT2D eigenvalue weighted by atomic mass is 10.1. The zero-order valence-electron chi connectivity index (χ0n) is 18.3. The number of hydrogen-bond acceptors (Lipinski definition) is 4. The van der Waals surface area contributed by atoms with Gasteiger partial charge in [0, 0.05) is 10.9 Å². The molecule has 0 heterocycles. The van der Waals surface area contributed by atoms with Gasteiger partial charge in [-0.05, 0) is 46.7 Å². The van der Waals surface area contributed by atoms with Crippen molar-refractivity contribution in [2.45, 2.75) is 6.42 Å². The summed E-state index contributed by atoms with van der Waals surface area (Å²) in [5.41, 5.74) is 6.25. The molecule has 4 aromatic rings. The summed E-state index contributed by atoms with van der Waals surface area (Å²) >= 11 is 3.37. The molecule has 4 rings (SSSR count). The van der Waals surface area contributed by atoms with Gasteiger partial charge in [0.1, 0.15) is 11.5 Å². The van der Waals surface area contributed by atoms with Gasteiger partial charge in [-0.3, -0.25) is 20.4 Å². The van der Waals surface area contributed by atoms with E-state index in [-0.39, 0.29) is 6.61 Å². The molecule has 0 bridgehead atoms. The maximum atomic E-state index is 12.7. The van der Waals surface area contributed by atoms with Crippen molar-refractivity contribution in [3.8, 4) is 11.5 Å². The second-order valence-corrected chi connectivity index (χ2v) is 8.44. The number of benzene rings is 4. The minimum absolute atomic E-state index is 0.239. The van der Waals surface area contributed by atoms with E-state index in [4.69, 9.17) is 9.47 Å². The Labute approximate surface area is 206 Å². The van der Waals surface area contributed by atoms with E-state index < -0.39 is 11.8 Å². The topological polar surface area (TPSA) is 76.7 Å². The number of nitrogens with one attached hydrogen (secondary N) is 2. The third-order valence-corrected chi connectivity index (χ3v) is 5.58. The first-order valence-electron chi connectivity index (χ1n) is 10.8. The Balaban J connectivity index is 1.30. The maximum absolute atomic E-state index is 12.7. The number of halogens is 1. The number of hydrazine groups is 1. The summed E-state index contributed by atoms with van der Waals surface area (Å²) in [5, 5.41) is 2.10. The quantitative estimate of drug-likeness (QED) is 0.319. The van der Waals surface area contributed by atoms with Gasteiger partial charge < -0.3 is 9.47 Å². The van der Waals surface area contributed by atoms with Gasteiger partial charge >= 0.3 is 0 Å². The van der Waals surface area contributed by atoms with Crippen LogP contribution in [-0.4, -0.2) is 25.0 Å². The predicted octanol–water partition coefficient (Wildman–Crippen LogP) is 5.06. The Morgan fingerprint density at radius 2 is 1.53 bits per heavy atom. The molecule has 0 fully saturated rings. The Hall–Kier alpha value is -3.84. The molecular weight excluding hydrogens is 496 g/mol. The summed E-state index contributed by atoms with van der Waals surface area (Å²) in [6.45, 7) is 0.176. The summed E-state index contributed by atoms with van der Waals surface area (Å²) < 4.78 is 12.1. The molecule has 0 aromatic heterocycles. The van der Waals surface area contributed by atoms with Crippen LogP contribution in [0.25, 0.3) is 10.8 Å². The number of rotatable bonds is 8. The van der Waals surface area contributed by atoms with Crippen LogP contribution in [0.1, 0.15) is 15.9 Å². The van der Waals surface area contributed by atoms with Gasteiger partial charge in [-0.2, -0.15) is 0 Å². The highest BCUT2D eigenvalue weighted by Crippen LogP contribution is 2.24. The molecule has 0 aliphatic heterocycles. The number of ether oxygens (including phenoxy) is 2. The Morgan fingerprint density at radius 3 is 2.35 bits per heavy atom. The molecule has 34 heavy (non-hydrogen) atoms. The molecule has 6 nitrogen and oxygen atoms in total. The number of carbonyl (C=O) groups is 2. The number of hydrogen-bond donors (Lipinski definition) is 2. The molecule has 0 aliphatic rings. The minimum Gasteiger partial charge on any atom is -0.492 e. The average Bonchev–Trinajstić information content (AvgIpc) is 2.87. The summed E-state index contributed by atoms with van der Waals surface area (Å²) in [6, 6.07) is 28.6. The fourth-order valence-corrected chi connectivity index (χ4v) is 3.73. The molecule has 0 saturated heterocycles. The van der Waals surface area contributed by atoms with Gasteiger partial charge in [0.05, 0.1) is 12.2 Å². The second-order valence-electron chi connectivity index (χ2n) is 7.52. The highest BCUT2D eigenvalue weighted by molar-refractivity contribution is 9.10. The monoisotopic (exact) mass is 518 g/mol. The lowest BCUT2D eigenvalue weighted by molar-refractivity contribution is -0.123. The van der Waals surface area contributed by atoms with Crippen LogP contribution in [0.2, 0.25) is 0 Å². The van der Waals surface area contributed by atoms with Gasteiger partial charge in [-0.1, -0.05) is 76.6 Å². The van der Waals surface area contributed by atoms with Gasteiger partial charge in [0.25, 0.3) is 11.8 Å². The highest BCUT2D eigenvalue weighted by atomic mass is 79.9. The number of amides is 2. The summed E-state index contributed by atoms with van der Waals surface area (Å²) in [5.74, 6) is 0.0256. The van der Waals surface area contributed by atoms with E-state index in [0.717, 1.165) is 20.8 Å². The first kappa shape index (κ1) is 23.3. The van der Waals surface area contributed by atoms with Gasteiger partial charge in [-0.15, -0.1) is 0 Å². The zero-order chi connectivity index (χ0) is 23.8. The van der Waals surface area contributed by atoms with Gasteiger partial charge in [-0.25, -0.2) is 0 Å². The van der Waals surface area contributed by atoms with Crippen molar-refractivity contribution in [3.05, 3.63) is 107 Å². The summed E-state index contributed by atoms with van der Waals surface area (Å²) in [6.07, 6.45) is 0.709. The molecule has 0 unspecified atom stereocenters. The van der Waals surface area contributed by atoms with Crippen LogP contribution in [0.3, 0.4) is 0 Å². The molecule has 2 amide bonds. The van der Waals surface area contributed by atoms with Crippen LogP contribution < -0.4 is 20.3 Å². The van der Waals surface area contributed by atoms with Crippen LogP contribution in [0.15, 0.2) is 95.5 Å². The van der Waals surface area contributed by atoms with E-state index in [1.54, 1.807) is 24.3 Å². The van der Waals surface area contributed by atoms with Crippen molar-refractivity contribution < 1.29 is 19.1 Å². The van der Waals surface area contributed by atoms with Crippen LogP contribution in [0.5, 0.6) is 11.5 Å². The Kier molecular flexibility index (Phi) is 7.78. The highest BCUT2D eigenvalue weighted by Gasteiger charge is 2.15. The Bertz CT molecular complexity index is 1290. The molecule has 4 aromatic carbocycles. The van der Waals surface area contributed by atoms with E-state index in [1.165, 1.54) is 0 Å². The third kappa shape index (κ3) is 6.36. The van der Waals surface area contributed by atoms with E-state index in [1.807, 2.05) is 66.7 Å². The van der Waals surface area contributed by atoms with Crippen LogP contribution >= 0.6 is 15.9 Å². The number of carbonyl (C=O) groups excluding carboxylic acids is 2. The molecule has 0 radical (unpaired) electrons. The largest absolute Gasteiger partial charge is 0.492 e. The third-order valence-electron chi connectivity index (χ3n) is 5.08. The van der Waals surface area contributed by atoms with Crippen molar-refractivity contribution in [1.29, 1.82) is 0 Å². The molecule has 2 N–H and O–H groups in total. The first-order chi connectivity index (χ1) is 16.6. The fraction of sp³-hybridized carbons (Fsp3) is 0.111. The SMILES string of the molecule is O=C(COc1ccc2ccccc2c1)NNC(=O)c1cc(Br)ccc1OCCc1ccccc1. The van der Waals surface area contributed by atoms with Gasteiger partial charge in [0.15, 0.2) is 6.61 Å². The first-order valence-corrected chi connectivity index (χ1v) is 11.5. The van der Waals surface area contributed by atoms with E-state index in [9.17, 15) is 9.59 Å². The Morgan fingerprint density at radius 1 is 0.765 bits per heavy atom. The summed E-state index contributed by atoms with van der Waals surface area (Å²) in [7, 11) is 0. The van der Waals surface area contributed by atoms with Gasteiger partial charge in [0.2, 0.25) is 0 Å². The fourth-order valence-electron chi connectivity index (χ4n) is 3.36. The van der Waals surface area contributed by atoms with Crippen molar-refractivity contribution in [3.63, 3.8) is 0 Å². The van der Waals surface area contributed by atoms with Crippen molar-refractivity contribution in [2.75, 3.05) is 13.2 Å². The van der Waals surface area contributed by atoms with Crippen LogP contribution in [0, 0.1) is 0 Å². The van der Waals surface area contributed by atoms with Crippen LogP contribution in [0.4, 0.5) is 0 Å². The molecule has 0 saturated carbocycles. The van der Waals surface area contributed by atoms with Crippen molar-refractivity contribution in [2.24, 2.45) is 0 Å². The van der Waals surface area contributed by atoms with Crippen LogP contribution in [-0.2, 0) is 11.2 Å². The smallest absolute Gasteiger partial charge is 0.276 e. The van der Waals surface area contributed by atoms with E-state index in [2.05, 4.69) is 26.8 Å². The average molecular weight is 519 g/mol. The van der Waals surface area contributed by atoms with Crippen molar-refractivity contribution >= 4 is 38.5 Å². The molecular formula is C27H23BrN2O4. The predicted molar refractivity (Wildman–Crippen MR) is 135 cm³/mol. The minimum atomic E-state index is -0.491. The number of fused-ring (bicyclic) bond motifs is 1. The normalized spacial score (nSPS) is 10.5. The summed E-state index contributed by atoms with van der Waals surface area (Å²) in [4.78, 5) is 24.9. The van der Waals surface area contributed by atoms with E-state index in [0.29, 0.717) is 30.1 Å². The molecule has 7 heteroatoms. The lowest BCUT2D eigenvalue weighted by Crippen LogP contribution is -2.44. The molecule has 0 atom stereocenters. The molecule has 172 valence electrons.